The number of carbonyl (C=O) groups excluding carboxylic acids is 1. The van der Waals surface area contributed by atoms with Crippen LogP contribution in [0.2, 0.25) is 5.02 Å². The van der Waals surface area contributed by atoms with E-state index in [0.717, 1.165) is 31.9 Å². The monoisotopic (exact) mass is 341 g/mol. The first-order chi connectivity index (χ1) is 11.6. The van der Waals surface area contributed by atoms with Crippen molar-refractivity contribution in [2.24, 2.45) is 5.73 Å². The fourth-order valence-electron chi connectivity index (χ4n) is 2.80. The minimum absolute atomic E-state index is 0.297. The minimum Gasteiger partial charge on any atom is -0.367 e. The van der Waals surface area contributed by atoms with Crippen LogP contribution < -0.4 is 15.5 Å². The van der Waals surface area contributed by atoms with Crippen molar-refractivity contribution >= 4 is 29.0 Å². The average Bonchev–Trinajstić information content (AvgIpc) is 2.61. The molecule has 122 valence electrons. The minimum atomic E-state index is -0.547. The lowest BCUT2D eigenvalue weighted by atomic mass is 10.1. The van der Waals surface area contributed by atoms with Crippen LogP contribution in [0.25, 0.3) is 0 Å². The summed E-state index contributed by atoms with van der Waals surface area (Å²) in [6.07, 6.45) is 1.45. The van der Waals surface area contributed by atoms with E-state index in [2.05, 4.69) is 20.9 Å². The number of hydrogen-bond donors (Lipinski definition) is 1. The molecule has 1 aliphatic rings. The number of nitrogens with zero attached hydrogens (tertiary/aromatic N) is 4. The number of para-hydroxylation sites is 1. The molecule has 1 aromatic heterocycles. The van der Waals surface area contributed by atoms with Gasteiger partial charge in [-0.05, 0) is 18.2 Å². The smallest absolute Gasteiger partial charge is 0.250 e. The first kappa shape index (κ1) is 16.1. The fourth-order valence-corrected chi connectivity index (χ4v) is 3.09. The van der Waals surface area contributed by atoms with Crippen LogP contribution >= 0.6 is 11.6 Å². The Balaban J connectivity index is 1.74. The molecule has 1 aliphatic heterocycles. The van der Waals surface area contributed by atoms with Gasteiger partial charge in [0.15, 0.2) is 0 Å². The number of nitriles is 1. The Morgan fingerprint density at radius 2 is 1.88 bits per heavy atom. The van der Waals surface area contributed by atoms with Gasteiger partial charge in [-0.25, -0.2) is 4.98 Å². The number of piperazine rings is 1. The SMILES string of the molecule is N#Cc1ccccc1N1CCN(c2ncc(C(N)=O)cc2Cl)CC1. The van der Waals surface area contributed by atoms with Gasteiger partial charge in [0.1, 0.15) is 11.9 Å². The van der Waals surface area contributed by atoms with E-state index in [0.29, 0.717) is 22.0 Å². The largest absolute Gasteiger partial charge is 0.367 e. The van der Waals surface area contributed by atoms with Crippen LogP contribution in [-0.2, 0) is 0 Å². The van der Waals surface area contributed by atoms with E-state index in [1.165, 1.54) is 6.20 Å². The molecule has 7 heteroatoms. The van der Waals surface area contributed by atoms with Gasteiger partial charge in [-0.3, -0.25) is 4.79 Å². The van der Waals surface area contributed by atoms with Gasteiger partial charge < -0.3 is 15.5 Å². The standard InChI is InChI=1S/C17H16ClN5O/c18-14-9-13(16(20)24)11-21-17(14)23-7-5-22(6-8-23)15-4-2-1-3-12(15)10-19/h1-4,9,11H,5-8H2,(H2,20,24). The van der Waals surface area contributed by atoms with Gasteiger partial charge >= 0.3 is 0 Å². The summed E-state index contributed by atoms with van der Waals surface area (Å²) >= 11 is 6.24. The second-order valence-electron chi connectivity index (χ2n) is 5.50. The Labute approximate surface area is 145 Å². The summed E-state index contributed by atoms with van der Waals surface area (Å²) < 4.78 is 0. The maximum atomic E-state index is 11.2. The number of hydrogen-bond acceptors (Lipinski definition) is 5. The zero-order valence-corrected chi connectivity index (χ0v) is 13.7. The molecule has 0 atom stereocenters. The third-order valence-electron chi connectivity index (χ3n) is 4.05. The Bertz CT molecular complexity index is 809. The maximum Gasteiger partial charge on any atom is 0.250 e. The number of primary amides is 1. The van der Waals surface area contributed by atoms with Crippen LogP contribution in [0.4, 0.5) is 11.5 Å². The summed E-state index contributed by atoms with van der Waals surface area (Å²) in [6.45, 7) is 2.97. The highest BCUT2D eigenvalue weighted by Gasteiger charge is 2.22. The molecule has 6 nitrogen and oxygen atoms in total. The van der Waals surface area contributed by atoms with Gasteiger partial charge in [0.05, 0.1) is 21.8 Å². The van der Waals surface area contributed by atoms with Crippen molar-refractivity contribution < 1.29 is 4.79 Å². The van der Waals surface area contributed by atoms with E-state index in [4.69, 9.17) is 17.3 Å². The first-order valence-corrected chi connectivity index (χ1v) is 7.92. The summed E-state index contributed by atoms with van der Waals surface area (Å²) in [4.78, 5) is 19.7. The lowest BCUT2D eigenvalue weighted by molar-refractivity contribution is 0.1000. The van der Waals surface area contributed by atoms with Gasteiger partial charge in [0.25, 0.3) is 0 Å². The highest BCUT2D eigenvalue weighted by molar-refractivity contribution is 6.33. The molecular formula is C17H16ClN5O. The van der Waals surface area contributed by atoms with E-state index in [9.17, 15) is 10.1 Å². The van der Waals surface area contributed by atoms with Crippen LogP contribution in [-0.4, -0.2) is 37.1 Å². The molecule has 2 N–H and O–H groups in total. The third kappa shape index (κ3) is 3.12. The van der Waals surface area contributed by atoms with Crippen LogP contribution in [0.15, 0.2) is 36.5 Å². The van der Waals surface area contributed by atoms with Crippen molar-refractivity contribution in [3.63, 3.8) is 0 Å². The Morgan fingerprint density at radius 3 is 2.50 bits per heavy atom. The molecule has 0 unspecified atom stereocenters. The second-order valence-corrected chi connectivity index (χ2v) is 5.90. The molecule has 0 radical (unpaired) electrons. The Morgan fingerprint density at radius 1 is 1.21 bits per heavy atom. The molecule has 1 aromatic carbocycles. The van der Waals surface area contributed by atoms with Crippen molar-refractivity contribution in [1.82, 2.24) is 4.98 Å². The van der Waals surface area contributed by atoms with E-state index in [1.807, 2.05) is 24.3 Å². The lowest BCUT2D eigenvalue weighted by Crippen LogP contribution is -2.47. The summed E-state index contributed by atoms with van der Waals surface area (Å²) in [5, 5.41) is 9.65. The molecule has 0 spiro atoms. The van der Waals surface area contributed by atoms with Crippen molar-refractivity contribution in [2.45, 2.75) is 0 Å². The number of anilines is 2. The molecule has 24 heavy (non-hydrogen) atoms. The number of halogens is 1. The number of benzene rings is 1. The van der Waals surface area contributed by atoms with Crippen molar-refractivity contribution in [2.75, 3.05) is 36.0 Å². The molecule has 1 saturated heterocycles. The van der Waals surface area contributed by atoms with Crippen LogP contribution in [0.5, 0.6) is 0 Å². The van der Waals surface area contributed by atoms with Crippen molar-refractivity contribution in [1.29, 1.82) is 5.26 Å². The fraction of sp³-hybridized carbons (Fsp3) is 0.235. The van der Waals surface area contributed by atoms with Crippen molar-refractivity contribution in [3.05, 3.63) is 52.7 Å². The topological polar surface area (TPSA) is 86.2 Å². The highest BCUT2D eigenvalue weighted by atomic mass is 35.5. The van der Waals surface area contributed by atoms with Crippen LogP contribution in [0, 0.1) is 11.3 Å². The molecule has 2 heterocycles. The van der Waals surface area contributed by atoms with Gasteiger partial charge in [0, 0.05) is 32.4 Å². The molecule has 1 fully saturated rings. The maximum absolute atomic E-state index is 11.2. The van der Waals surface area contributed by atoms with Crippen molar-refractivity contribution in [3.8, 4) is 6.07 Å². The number of nitrogens with two attached hydrogens (primary N) is 1. The molecule has 2 aromatic rings. The van der Waals surface area contributed by atoms with E-state index in [1.54, 1.807) is 6.07 Å². The highest BCUT2D eigenvalue weighted by Crippen LogP contribution is 2.27. The van der Waals surface area contributed by atoms with Gasteiger partial charge in [-0.1, -0.05) is 23.7 Å². The number of amides is 1. The van der Waals surface area contributed by atoms with E-state index >= 15 is 0 Å². The summed E-state index contributed by atoms with van der Waals surface area (Å²) in [5.74, 6) is 0.101. The summed E-state index contributed by atoms with van der Waals surface area (Å²) in [6, 6.07) is 11.4. The molecule has 1 amide bonds. The predicted molar refractivity (Wildman–Crippen MR) is 93.3 cm³/mol. The van der Waals surface area contributed by atoms with E-state index < -0.39 is 5.91 Å². The number of carbonyl (C=O) groups is 1. The van der Waals surface area contributed by atoms with Gasteiger partial charge in [-0.2, -0.15) is 5.26 Å². The number of pyridine rings is 1. The van der Waals surface area contributed by atoms with E-state index in [-0.39, 0.29) is 0 Å². The summed E-state index contributed by atoms with van der Waals surface area (Å²) in [5.41, 5.74) is 7.15. The average molecular weight is 342 g/mol. The zero-order chi connectivity index (χ0) is 17.1. The normalized spacial score (nSPS) is 14.3. The zero-order valence-electron chi connectivity index (χ0n) is 12.9. The van der Waals surface area contributed by atoms with Gasteiger partial charge in [-0.15, -0.1) is 0 Å². The summed E-state index contributed by atoms with van der Waals surface area (Å²) in [7, 11) is 0. The second kappa shape index (κ2) is 6.77. The van der Waals surface area contributed by atoms with Crippen LogP contribution in [0.3, 0.4) is 0 Å². The predicted octanol–water partition coefficient (Wildman–Crippen LogP) is 2.03. The third-order valence-corrected chi connectivity index (χ3v) is 4.33. The molecular weight excluding hydrogens is 326 g/mol. The van der Waals surface area contributed by atoms with Gasteiger partial charge in [0.2, 0.25) is 5.91 Å². The first-order valence-electron chi connectivity index (χ1n) is 7.54. The quantitative estimate of drug-likeness (QED) is 0.923. The molecule has 3 rings (SSSR count). The Kier molecular flexibility index (Phi) is 4.54. The number of aromatic nitrogens is 1. The number of rotatable bonds is 3. The molecule has 0 saturated carbocycles. The molecule has 0 bridgehead atoms. The molecule has 0 aliphatic carbocycles. The Hall–Kier alpha value is -2.78. The van der Waals surface area contributed by atoms with Crippen LogP contribution in [0.1, 0.15) is 15.9 Å². The lowest BCUT2D eigenvalue weighted by Gasteiger charge is -2.37.